The van der Waals surface area contributed by atoms with E-state index >= 15 is 0 Å². The van der Waals surface area contributed by atoms with Gasteiger partial charge in [-0.05, 0) is 29.5 Å². The van der Waals surface area contributed by atoms with Gasteiger partial charge < -0.3 is 4.74 Å². The van der Waals surface area contributed by atoms with E-state index in [1.165, 1.54) is 20.1 Å². The van der Waals surface area contributed by atoms with Crippen molar-refractivity contribution < 1.29 is 22.3 Å². The number of hydrogen-bond donors (Lipinski definition) is 0. The maximum absolute atomic E-state index is 13.7. The molecule has 0 aromatic heterocycles. The largest absolute Gasteiger partial charge is 0.494 e. The fourth-order valence-electron chi connectivity index (χ4n) is 2.03. The van der Waals surface area contributed by atoms with Crippen molar-refractivity contribution in [3.8, 4) is 5.75 Å². The van der Waals surface area contributed by atoms with E-state index in [-0.39, 0.29) is 29.5 Å². The second-order valence-electron chi connectivity index (χ2n) is 4.45. The van der Waals surface area contributed by atoms with Gasteiger partial charge in [-0.25, -0.2) is 17.6 Å². The van der Waals surface area contributed by atoms with Crippen molar-refractivity contribution in [2.45, 2.75) is 6.92 Å². The molecule has 20 heavy (non-hydrogen) atoms. The molecule has 0 amide bonds. The standard InChI is InChI=1S/C14H11BF4O/c1-7-3-9(12(18)6-11(7)17)15-10-4-8(16)5-13(19)14(10)20-2/h3-6,15H,1-2H3. The fourth-order valence-corrected chi connectivity index (χ4v) is 2.03. The van der Waals surface area contributed by atoms with Gasteiger partial charge in [-0.3, -0.25) is 0 Å². The van der Waals surface area contributed by atoms with Crippen molar-refractivity contribution in [2.24, 2.45) is 0 Å². The highest BCUT2D eigenvalue weighted by Crippen LogP contribution is 2.15. The summed E-state index contributed by atoms with van der Waals surface area (Å²) in [7, 11) is 1.15. The Hall–Kier alpha value is -1.98. The van der Waals surface area contributed by atoms with Gasteiger partial charge in [-0.15, -0.1) is 0 Å². The Morgan fingerprint density at radius 1 is 0.850 bits per heavy atom. The van der Waals surface area contributed by atoms with Crippen LogP contribution in [0.1, 0.15) is 5.56 Å². The van der Waals surface area contributed by atoms with Gasteiger partial charge in [0.2, 0.25) is 7.28 Å². The molecular formula is C14H11BF4O. The molecule has 0 atom stereocenters. The highest BCUT2D eigenvalue weighted by atomic mass is 19.1. The summed E-state index contributed by atoms with van der Waals surface area (Å²) >= 11 is 0. The Balaban J connectivity index is 2.47. The highest BCUT2D eigenvalue weighted by molar-refractivity contribution is 6.68. The molecule has 0 fully saturated rings. The van der Waals surface area contributed by atoms with Crippen molar-refractivity contribution in [3.63, 3.8) is 0 Å². The number of ether oxygens (including phenoxy) is 1. The lowest BCUT2D eigenvalue weighted by Gasteiger charge is -2.10. The maximum atomic E-state index is 13.7. The number of rotatable bonds is 3. The summed E-state index contributed by atoms with van der Waals surface area (Å²) in [6, 6.07) is 3.83. The van der Waals surface area contributed by atoms with E-state index in [0.717, 1.165) is 12.1 Å². The van der Waals surface area contributed by atoms with Crippen molar-refractivity contribution in [1.82, 2.24) is 0 Å². The minimum Gasteiger partial charge on any atom is -0.494 e. The molecule has 2 rings (SSSR count). The van der Waals surface area contributed by atoms with E-state index in [1.807, 2.05) is 0 Å². The van der Waals surface area contributed by atoms with Crippen molar-refractivity contribution in [3.05, 3.63) is 53.1 Å². The second kappa shape index (κ2) is 5.57. The minimum atomic E-state index is -0.859. The first-order valence-electron chi connectivity index (χ1n) is 5.88. The molecule has 0 heterocycles. The van der Waals surface area contributed by atoms with Crippen LogP contribution in [0.4, 0.5) is 17.6 Å². The summed E-state index contributed by atoms with van der Waals surface area (Å²) in [6.45, 7) is 1.49. The van der Waals surface area contributed by atoms with Crippen LogP contribution in [0.2, 0.25) is 0 Å². The first kappa shape index (κ1) is 14.4. The molecule has 2 aromatic carbocycles. The van der Waals surface area contributed by atoms with Crippen LogP contribution in [0.3, 0.4) is 0 Å². The molecule has 6 heteroatoms. The topological polar surface area (TPSA) is 9.23 Å². The van der Waals surface area contributed by atoms with Crippen LogP contribution in [-0.4, -0.2) is 14.4 Å². The summed E-state index contributed by atoms with van der Waals surface area (Å²) in [5.74, 6) is -3.21. The van der Waals surface area contributed by atoms with E-state index in [4.69, 9.17) is 4.74 Å². The first-order valence-corrected chi connectivity index (χ1v) is 5.88. The van der Waals surface area contributed by atoms with Gasteiger partial charge >= 0.3 is 0 Å². The van der Waals surface area contributed by atoms with Gasteiger partial charge in [-0.1, -0.05) is 6.07 Å². The summed E-state index contributed by atoms with van der Waals surface area (Å²) in [5.41, 5.74) is 0.569. The van der Waals surface area contributed by atoms with Gasteiger partial charge in [0.25, 0.3) is 0 Å². The lowest BCUT2D eigenvalue weighted by molar-refractivity contribution is 0.388. The zero-order valence-electron chi connectivity index (χ0n) is 10.9. The van der Waals surface area contributed by atoms with Crippen LogP contribution in [0.25, 0.3) is 0 Å². The lowest BCUT2D eigenvalue weighted by atomic mass is 9.63. The highest BCUT2D eigenvalue weighted by Gasteiger charge is 2.16. The molecule has 1 nitrogen and oxygen atoms in total. The second-order valence-corrected chi connectivity index (χ2v) is 4.45. The molecule has 0 radical (unpaired) electrons. The Morgan fingerprint density at radius 3 is 2.20 bits per heavy atom. The molecule has 0 aliphatic rings. The molecular weight excluding hydrogens is 271 g/mol. The van der Waals surface area contributed by atoms with Gasteiger partial charge in [0, 0.05) is 12.1 Å². The van der Waals surface area contributed by atoms with Crippen LogP contribution >= 0.6 is 0 Å². The molecule has 2 aromatic rings. The van der Waals surface area contributed by atoms with Gasteiger partial charge in [0.05, 0.1) is 7.11 Å². The van der Waals surface area contributed by atoms with Crippen molar-refractivity contribution in [2.75, 3.05) is 7.11 Å². The molecule has 0 saturated heterocycles. The Bertz CT molecular complexity index is 658. The van der Waals surface area contributed by atoms with E-state index in [2.05, 4.69) is 0 Å². The lowest BCUT2D eigenvalue weighted by Crippen LogP contribution is -2.32. The molecule has 0 N–H and O–H groups in total. The number of hydrogen-bond acceptors (Lipinski definition) is 1. The molecule has 0 bridgehead atoms. The maximum Gasteiger partial charge on any atom is 0.201 e. The zero-order valence-corrected chi connectivity index (χ0v) is 10.9. The minimum absolute atomic E-state index is 0.0925. The fraction of sp³-hybridized carbons (Fsp3) is 0.143. The van der Waals surface area contributed by atoms with Crippen LogP contribution < -0.4 is 15.7 Å². The molecule has 104 valence electrons. The average molecular weight is 282 g/mol. The van der Waals surface area contributed by atoms with Crippen LogP contribution in [0.5, 0.6) is 5.75 Å². The quantitative estimate of drug-likeness (QED) is 0.617. The van der Waals surface area contributed by atoms with Crippen molar-refractivity contribution in [1.29, 1.82) is 0 Å². The number of methoxy groups -OCH3 is 1. The number of benzene rings is 2. The molecule has 0 spiro atoms. The van der Waals surface area contributed by atoms with Gasteiger partial charge in [0.1, 0.15) is 23.2 Å². The predicted molar refractivity (Wildman–Crippen MR) is 70.4 cm³/mol. The first-order chi connectivity index (χ1) is 9.42. The SMILES string of the molecule is COc1c(F)cc(F)cc1Bc1cc(C)c(F)cc1F. The molecule has 0 saturated carbocycles. The third-order valence-corrected chi connectivity index (χ3v) is 3.00. The van der Waals surface area contributed by atoms with Crippen LogP contribution in [-0.2, 0) is 0 Å². The van der Waals surface area contributed by atoms with E-state index in [9.17, 15) is 17.6 Å². The van der Waals surface area contributed by atoms with Crippen LogP contribution in [0.15, 0.2) is 24.3 Å². The Morgan fingerprint density at radius 2 is 1.55 bits per heavy atom. The van der Waals surface area contributed by atoms with E-state index in [0.29, 0.717) is 6.07 Å². The van der Waals surface area contributed by atoms with E-state index in [1.54, 1.807) is 0 Å². The summed E-state index contributed by atoms with van der Waals surface area (Å²) in [6.07, 6.45) is 0. The summed E-state index contributed by atoms with van der Waals surface area (Å²) in [5, 5.41) is 0. The van der Waals surface area contributed by atoms with Crippen LogP contribution in [0, 0.1) is 30.2 Å². The van der Waals surface area contributed by atoms with Gasteiger partial charge in [-0.2, -0.15) is 0 Å². The Labute approximate surface area is 114 Å². The molecule has 0 unspecified atom stereocenters. The monoisotopic (exact) mass is 282 g/mol. The van der Waals surface area contributed by atoms with E-state index < -0.39 is 23.3 Å². The smallest absolute Gasteiger partial charge is 0.201 e. The molecule has 0 aliphatic carbocycles. The van der Waals surface area contributed by atoms with Gasteiger partial charge in [0.15, 0.2) is 5.82 Å². The Kier molecular flexibility index (Phi) is 4.02. The summed E-state index contributed by atoms with van der Waals surface area (Å²) < 4.78 is 58.5. The average Bonchev–Trinajstić information content (AvgIpc) is 2.35. The third-order valence-electron chi connectivity index (χ3n) is 3.00. The number of halogens is 4. The zero-order chi connectivity index (χ0) is 14.9. The summed E-state index contributed by atoms with van der Waals surface area (Å²) in [4.78, 5) is 0. The third kappa shape index (κ3) is 2.79. The van der Waals surface area contributed by atoms with Crippen molar-refractivity contribution >= 4 is 18.2 Å². The number of aryl methyl sites for hydroxylation is 1. The predicted octanol–water partition coefficient (Wildman–Crippen LogP) is 1.95. The normalized spacial score (nSPS) is 10.5. The molecule has 0 aliphatic heterocycles.